The first-order valence-corrected chi connectivity index (χ1v) is 8.96. The van der Waals surface area contributed by atoms with E-state index in [9.17, 15) is 8.42 Å². The minimum absolute atomic E-state index is 0.0669. The topological polar surface area (TPSA) is 43.4 Å². The van der Waals surface area contributed by atoms with Crippen molar-refractivity contribution in [2.45, 2.75) is 18.4 Å². The van der Waals surface area contributed by atoms with Gasteiger partial charge in [-0.15, -0.1) is 0 Å². The van der Waals surface area contributed by atoms with E-state index in [1.54, 1.807) is 37.3 Å². The van der Waals surface area contributed by atoms with E-state index in [-0.39, 0.29) is 11.5 Å². The van der Waals surface area contributed by atoms with Crippen LogP contribution in [0.4, 0.5) is 0 Å². The highest BCUT2D eigenvalue weighted by Crippen LogP contribution is 2.28. The molecular weight excluding hydrogens is 355 g/mol. The van der Waals surface area contributed by atoms with Crippen LogP contribution in [0.15, 0.2) is 41.3 Å². The van der Waals surface area contributed by atoms with E-state index >= 15 is 0 Å². The molecule has 0 aliphatic carbocycles. The van der Waals surface area contributed by atoms with Gasteiger partial charge in [-0.05, 0) is 36.8 Å². The Morgan fingerprint density at radius 3 is 2.48 bits per heavy atom. The molecule has 3 nitrogen and oxygen atoms in total. The second-order valence-electron chi connectivity index (χ2n) is 4.37. The highest BCUT2D eigenvalue weighted by Gasteiger charge is 2.14. The molecule has 0 atom stereocenters. The molecule has 0 aliphatic heterocycles. The molecule has 0 fully saturated rings. The van der Waals surface area contributed by atoms with Crippen LogP contribution in [0, 0.1) is 6.92 Å². The number of rotatable bonds is 4. The van der Waals surface area contributed by atoms with E-state index in [0.29, 0.717) is 21.4 Å². The minimum atomic E-state index is -3.75. The van der Waals surface area contributed by atoms with Crippen molar-refractivity contribution in [3.05, 3.63) is 57.6 Å². The summed E-state index contributed by atoms with van der Waals surface area (Å²) in [6.45, 7) is 1.88. The summed E-state index contributed by atoms with van der Waals surface area (Å²) in [4.78, 5) is 0.0669. The minimum Gasteiger partial charge on any atom is -0.489 e. The Labute approximate surface area is 137 Å². The van der Waals surface area contributed by atoms with E-state index in [2.05, 4.69) is 0 Å². The van der Waals surface area contributed by atoms with Crippen molar-refractivity contribution in [1.29, 1.82) is 0 Å². The fraction of sp³-hybridized carbons (Fsp3) is 0.143. The number of hydrogen-bond acceptors (Lipinski definition) is 3. The van der Waals surface area contributed by atoms with Crippen LogP contribution in [0.1, 0.15) is 11.1 Å². The van der Waals surface area contributed by atoms with Crippen molar-refractivity contribution < 1.29 is 13.2 Å². The predicted octanol–water partition coefficient (Wildman–Crippen LogP) is 4.81. The first kappa shape index (κ1) is 16.4. The average Bonchev–Trinajstić information content (AvgIpc) is 2.39. The van der Waals surface area contributed by atoms with Crippen LogP contribution in [0.2, 0.25) is 10.0 Å². The third kappa shape index (κ3) is 4.04. The van der Waals surface area contributed by atoms with Gasteiger partial charge in [0.05, 0.1) is 14.9 Å². The molecule has 0 bridgehead atoms. The van der Waals surface area contributed by atoms with E-state index in [0.717, 1.165) is 5.56 Å². The van der Waals surface area contributed by atoms with Crippen molar-refractivity contribution >= 4 is 42.9 Å². The monoisotopic (exact) mass is 364 g/mol. The maximum Gasteiger partial charge on any atom is 0.261 e. The lowest BCUT2D eigenvalue weighted by Gasteiger charge is -2.10. The van der Waals surface area contributed by atoms with E-state index in [1.165, 1.54) is 6.07 Å². The second-order valence-corrected chi connectivity index (χ2v) is 7.69. The molecule has 2 rings (SSSR count). The third-order valence-electron chi connectivity index (χ3n) is 2.83. The van der Waals surface area contributed by atoms with Gasteiger partial charge in [0, 0.05) is 16.2 Å². The van der Waals surface area contributed by atoms with Gasteiger partial charge < -0.3 is 4.74 Å². The zero-order chi connectivity index (χ0) is 15.6. The lowest BCUT2D eigenvalue weighted by Crippen LogP contribution is -1.99. The van der Waals surface area contributed by atoms with Crippen molar-refractivity contribution in [2.75, 3.05) is 0 Å². The number of halogens is 3. The van der Waals surface area contributed by atoms with Gasteiger partial charge in [0.25, 0.3) is 9.05 Å². The lowest BCUT2D eigenvalue weighted by atomic mass is 10.2. The van der Waals surface area contributed by atoms with E-state index in [4.69, 9.17) is 38.6 Å². The third-order valence-corrected chi connectivity index (χ3v) is 5.18. The molecule has 0 aromatic heterocycles. The molecule has 21 heavy (non-hydrogen) atoms. The van der Waals surface area contributed by atoms with Gasteiger partial charge >= 0.3 is 0 Å². The fourth-order valence-corrected chi connectivity index (χ4v) is 3.37. The summed E-state index contributed by atoms with van der Waals surface area (Å²) in [6, 6.07) is 9.83. The van der Waals surface area contributed by atoms with Crippen LogP contribution in [0.5, 0.6) is 5.75 Å². The molecular formula is C14H11Cl3O3S. The van der Waals surface area contributed by atoms with Crippen LogP contribution < -0.4 is 4.74 Å². The highest BCUT2D eigenvalue weighted by atomic mass is 35.7. The molecule has 0 aliphatic rings. The van der Waals surface area contributed by atoms with Crippen molar-refractivity contribution in [3.8, 4) is 5.75 Å². The maximum absolute atomic E-state index is 11.3. The molecule has 0 amide bonds. The molecule has 0 saturated heterocycles. The predicted molar refractivity (Wildman–Crippen MR) is 85.0 cm³/mol. The summed E-state index contributed by atoms with van der Waals surface area (Å²) in [5.74, 6) is 0.521. The summed E-state index contributed by atoms with van der Waals surface area (Å²) in [7, 11) is 1.58. The van der Waals surface area contributed by atoms with Crippen LogP contribution in [0.3, 0.4) is 0 Å². The largest absolute Gasteiger partial charge is 0.489 e. The van der Waals surface area contributed by atoms with Crippen molar-refractivity contribution in [3.63, 3.8) is 0 Å². The van der Waals surface area contributed by atoms with E-state index < -0.39 is 9.05 Å². The SMILES string of the molecule is Cc1cc(OCc2cccc(Cl)c2Cl)ccc1S(=O)(=O)Cl. The van der Waals surface area contributed by atoms with Gasteiger partial charge in [-0.1, -0.05) is 35.3 Å². The smallest absolute Gasteiger partial charge is 0.261 e. The standard InChI is InChI=1S/C14H11Cl3O3S/c1-9-7-11(5-6-13(9)21(17,18)19)20-8-10-3-2-4-12(15)14(10)16/h2-7H,8H2,1H3. The number of aryl methyl sites for hydroxylation is 1. The molecule has 0 spiro atoms. The zero-order valence-electron chi connectivity index (χ0n) is 10.9. The van der Waals surface area contributed by atoms with Gasteiger partial charge in [-0.25, -0.2) is 8.42 Å². The van der Waals surface area contributed by atoms with Crippen LogP contribution >= 0.6 is 33.9 Å². The summed E-state index contributed by atoms with van der Waals surface area (Å²) >= 11 is 12.0. The van der Waals surface area contributed by atoms with Crippen molar-refractivity contribution in [2.24, 2.45) is 0 Å². The number of benzene rings is 2. The molecule has 0 N–H and O–H groups in total. The lowest BCUT2D eigenvalue weighted by molar-refractivity contribution is 0.306. The number of hydrogen-bond donors (Lipinski definition) is 0. The van der Waals surface area contributed by atoms with Gasteiger partial charge in [-0.3, -0.25) is 0 Å². The molecule has 112 valence electrons. The van der Waals surface area contributed by atoms with Gasteiger partial charge in [0.1, 0.15) is 12.4 Å². The quantitative estimate of drug-likeness (QED) is 0.730. The maximum atomic E-state index is 11.3. The summed E-state index contributed by atoms with van der Waals surface area (Å²) in [5, 5.41) is 0.897. The van der Waals surface area contributed by atoms with Crippen molar-refractivity contribution in [1.82, 2.24) is 0 Å². The molecule has 7 heteroatoms. The van der Waals surface area contributed by atoms with Crippen LogP contribution in [-0.2, 0) is 15.7 Å². The van der Waals surface area contributed by atoms with Gasteiger partial charge in [0.2, 0.25) is 0 Å². The zero-order valence-corrected chi connectivity index (χ0v) is 14.0. The number of ether oxygens (including phenoxy) is 1. The Kier molecular flexibility index (Phi) is 5.04. The van der Waals surface area contributed by atoms with Crippen LogP contribution in [-0.4, -0.2) is 8.42 Å². The Morgan fingerprint density at radius 1 is 1.14 bits per heavy atom. The Balaban J connectivity index is 2.18. The van der Waals surface area contributed by atoms with E-state index in [1.807, 2.05) is 0 Å². The summed E-state index contributed by atoms with van der Waals surface area (Å²) in [6.07, 6.45) is 0. The molecule has 2 aromatic rings. The molecule has 0 saturated carbocycles. The van der Waals surface area contributed by atoms with Gasteiger partial charge in [0.15, 0.2) is 0 Å². The fourth-order valence-electron chi connectivity index (χ4n) is 1.81. The Hall–Kier alpha value is -0.940. The second kappa shape index (κ2) is 6.44. The molecule has 2 aromatic carbocycles. The first-order valence-electron chi connectivity index (χ1n) is 5.90. The first-order chi connectivity index (χ1) is 9.79. The summed E-state index contributed by atoms with van der Waals surface area (Å²) in [5.41, 5.74) is 1.26. The highest BCUT2D eigenvalue weighted by molar-refractivity contribution is 8.13. The molecule has 0 unspecified atom stereocenters. The normalized spacial score (nSPS) is 11.4. The Bertz CT molecular complexity index is 773. The molecule has 0 heterocycles. The average molecular weight is 366 g/mol. The summed E-state index contributed by atoms with van der Waals surface area (Å²) < 4.78 is 28.2. The van der Waals surface area contributed by atoms with Crippen LogP contribution in [0.25, 0.3) is 0 Å². The Morgan fingerprint density at radius 2 is 1.86 bits per heavy atom. The van der Waals surface area contributed by atoms with Gasteiger partial charge in [-0.2, -0.15) is 0 Å². The molecule has 0 radical (unpaired) electrons.